The summed E-state index contributed by atoms with van der Waals surface area (Å²) < 4.78 is 6.04. The van der Waals surface area contributed by atoms with Gasteiger partial charge in [0, 0.05) is 15.3 Å². The van der Waals surface area contributed by atoms with Crippen LogP contribution in [0.25, 0.3) is 21.6 Å². The second-order valence-corrected chi connectivity index (χ2v) is 10.1. The molecule has 6 heteroatoms. The largest absolute Gasteiger partial charge is 0.480 e. The van der Waals surface area contributed by atoms with Crippen LogP contribution in [0.4, 0.5) is 0 Å². The van der Waals surface area contributed by atoms with Crippen molar-refractivity contribution in [3.63, 3.8) is 0 Å². The second-order valence-electron chi connectivity index (χ2n) is 8.97. The molecular formula is C31H31NO4S. The van der Waals surface area contributed by atoms with Gasteiger partial charge in [0.1, 0.15) is 6.04 Å². The number of carboxylic acids is 1. The number of nitrogens with one attached hydrogen (secondary N) is 1. The summed E-state index contributed by atoms with van der Waals surface area (Å²) in [5.74, 6) is -1.42. The Morgan fingerprint density at radius 2 is 1.68 bits per heavy atom. The molecular weight excluding hydrogens is 482 g/mol. The van der Waals surface area contributed by atoms with Gasteiger partial charge in [-0.3, -0.25) is 4.79 Å². The zero-order chi connectivity index (χ0) is 26.2. The normalized spacial score (nSPS) is 11.7. The maximum atomic E-state index is 13.2. The van der Waals surface area contributed by atoms with E-state index in [-0.39, 0.29) is 0 Å². The summed E-state index contributed by atoms with van der Waals surface area (Å²) >= 11 is 1.72. The van der Waals surface area contributed by atoms with Crippen molar-refractivity contribution < 1.29 is 19.4 Å². The Kier molecular flexibility index (Phi) is 8.88. The molecule has 0 fully saturated rings. The van der Waals surface area contributed by atoms with Crippen molar-refractivity contribution >= 4 is 23.2 Å². The predicted octanol–water partition coefficient (Wildman–Crippen LogP) is 7.09. The topological polar surface area (TPSA) is 75.6 Å². The minimum Gasteiger partial charge on any atom is -0.480 e. The quantitative estimate of drug-likeness (QED) is 0.224. The summed E-state index contributed by atoms with van der Waals surface area (Å²) in [4.78, 5) is 27.1. The molecule has 0 aliphatic carbocycles. The Labute approximate surface area is 221 Å². The van der Waals surface area contributed by atoms with Crippen LogP contribution in [0.5, 0.6) is 0 Å². The van der Waals surface area contributed by atoms with Gasteiger partial charge in [-0.2, -0.15) is 0 Å². The lowest BCUT2D eigenvalue weighted by atomic mass is 9.93. The Bertz CT molecular complexity index is 1360. The number of rotatable bonds is 11. The maximum Gasteiger partial charge on any atom is 0.326 e. The molecule has 1 heterocycles. The summed E-state index contributed by atoms with van der Waals surface area (Å²) in [6.07, 6.45) is 1.04. The lowest BCUT2D eigenvalue weighted by molar-refractivity contribution is -0.139. The number of aliphatic carboxylic acids is 1. The van der Waals surface area contributed by atoms with Crippen LogP contribution < -0.4 is 5.32 Å². The molecule has 0 bridgehead atoms. The molecule has 37 heavy (non-hydrogen) atoms. The number of carboxylic acid groups (broad SMARTS) is 1. The number of carbonyl (C=O) groups is 2. The van der Waals surface area contributed by atoms with Crippen LogP contribution >= 0.6 is 11.3 Å². The molecule has 3 aromatic carbocycles. The van der Waals surface area contributed by atoms with E-state index in [0.29, 0.717) is 31.6 Å². The van der Waals surface area contributed by atoms with Gasteiger partial charge in [0.2, 0.25) is 0 Å². The highest BCUT2D eigenvalue weighted by atomic mass is 32.1. The molecule has 5 nitrogen and oxygen atoms in total. The van der Waals surface area contributed by atoms with Crippen molar-refractivity contribution in [3.8, 4) is 21.6 Å². The van der Waals surface area contributed by atoms with Gasteiger partial charge in [0.15, 0.2) is 0 Å². The summed E-state index contributed by atoms with van der Waals surface area (Å²) in [5, 5.41) is 12.2. The fourth-order valence-corrected chi connectivity index (χ4v) is 5.19. The van der Waals surface area contributed by atoms with E-state index in [9.17, 15) is 14.7 Å². The summed E-state index contributed by atoms with van der Waals surface area (Å²) in [5.41, 5.74) is 5.32. The molecule has 1 unspecified atom stereocenters. The van der Waals surface area contributed by atoms with E-state index >= 15 is 0 Å². The van der Waals surface area contributed by atoms with E-state index in [1.54, 1.807) is 17.4 Å². The van der Waals surface area contributed by atoms with E-state index in [1.165, 1.54) is 10.4 Å². The van der Waals surface area contributed by atoms with Gasteiger partial charge in [-0.15, -0.1) is 11.3 Å². The van der Waals surface area contributed by atoms with E-state index in [1.807, 2.05) is 68.4 Å². The maximum absolute atomic E-state index is 13.2. The van der Waals surface area contributed by atoms with Gasteiger partial charge in [-0.25, -0.2) is 4.79 Å². The highest BCUT2D eigenvalue weighted by molar-refractivity contribution is 7.15. The summed E-state index contributed by atoms with van der Waals surface area (Å²) in [6.45, 7) is 4.79. The fourth-order valence-electron chi connectivity index (χ4n) is 4.24. The van der Waals surface area contributed by atoms with E-state index in [2.05, 4.69) is 29.6 Å². The van der Waals surface area contributed by atoms with Gasteiger partial charge in [-0.05, 0) is 65.4 Å². The molecule has 1 atom stereocenters. The molecule has 0 aliphatic heterocycles. The van der Waals surface area contributed by atoms with E-state index < -0.39 is 17.9 Å². The highest BCUT2D eigenvalue weighted by Gasteiger charge is 2.22. The number of amides is 1. The molecule has 4 rings (SSSR count). The number of benzene rings is 3. The monoisotopic (exact) mass is 513 g/mol. The van der Waals surface area contributed by atoms with Crippen molar-refractivity contribution in [2.24, 2.45) is 0 Å². The van der Waals surface area contributed by atoms with Crippen LogP contribution in [-0.4, -0.2) is 23.0 Å². The third-order valence-electron chi connectivity index (χ3n) is 6.18. The molecule has 1 amide bonds. The third kappa shape index (κ3) is 6.73. The van der Waals surface area contributed by atoms with Crippen LogP contribution in [0.2, 0.25) is 0 Å². The smallest absolute Gasteiger partial charge is 0.326 e. The average Bonchev–Trinajstić information content (AvgIpc) is 3.38. The number of carbonyl (C=O) groups excluding carboxylic acids is 1. The number of ether oxygens (including phenoxy) is 1. The fraction of sp³-hybridized carbons (Fsp3) is 0.226. The number of aryl methyl sites for hydroxylation is 1. The van der Waals surface area contributed by atoms with Gasteiger partial charge < -0.3 is 15.2 Å². The zero-order valence-corrected chi connectivity index (χ0v) is 21.9. The molecule has 4 aromatic rings. The second kappa shape index (κ2) is 12.5. The first-order valence-electron chi connectivity index (χ1n) is 12.4. The molecule has 190 valence electrons. The van der Waals surface area contributed by atoms with Crippen LogP contribution in [0.15, 0.2) is 84.9 Å². The van der Waals surface area contributed by atoms with Gasteiger partial charge in [-0.1, -0.05) is 74.0 Å². The average molecular weight is 514 g/mol. The molecule has 0 radical (unpaired) electrons. The van der Waals surface area contributed by atoms with Crippen molar-refractivity contribution in [2.45, 2.75) is 45.9 Å². The first kappa shape index (κ1) is 26.3. The third-order valence-corrected chi connectivity index (χ3v) is 7.29. The number of hydrogen-bond acceptors (Lipinski definition) is 4. The van der Waals surface area contributed by atoms with Gasteiger partial charge in [0.05, 0.1) is 13.2 Å². The van der Waals surface area contributed by atoms with Crippen LogP contribution in [0.1, 0.15) is 46.1 Å². The molecule has 0 aliphatic rings. The highest BCUT2D eigenvalue weighted by Crippen LogP contribution is 2.30. The predicted molar refractivity (Wildman–Crippen MR) is 149 cm³/mol. The number of hydrogen-bond donors (Lipinski definition) is 2. The Morgan fingerprint density at radius 1 is 0.919 bits per heavy atom. The molecule has 0 spiro atoms. The zero-order valence-electron chi connectivity index (χ0n) is 21.1. The molecule has 0 saturated heterocycles. The standard InChI is InChI=1S/C31H31NO4S/c1-3-9-28(31(34)35)32-30(33)26-16-14-22(18-27(26)25-13-8-7-10-21(25)2)19-36-20-24-15-17-29(37-24)23-11-5-4-6-12-23/h4-8,10-18,28H,3,9,19-20H2,1-2H3,(H,32,33)(H,34,35). The van der Waals surface area contributed by atoms with Crippen molar-refractivity contribution in [3.05, 3.63) is 106 Å². The van der Waals surface area contributed by atoms with Crippen molar-refractivity contribution in [2.75, 3.05) is 0 Å². The SMILES string of the molecule is CCCC(NC(=O)c1ccc(COCc2ccc(-c3ccccc3)s2)cc1-c1ccccc1C)C(=O)O. The first-order chi connectivity index (χ1) is 18.0. The lowest BCUT2D eigenvalue weighted by Crippen LogP contribution is -2.40. The molecule has 2 N–H and O–H groups in total. The Balaban J connectivity index is 1.52. The summed E-state index contributed by atoms with van der Waals surface area (Å²) in [7, 11) is 0. The van der Waals surface area contributed by atoms with Crippen molar-refractivity contribution in [1.29, 1.82) is 0 Å². The van der Waals surface area contributed by atoms with Gasteiger partial charge in [0.25, 0.3) is 5.91 Å². The Hall–Kier alpha value is -3.74. The summed E-state index contributed by atoms with van der Waals surface area (Å²) in [6, 6.07) is 27.0. The van der Waals surface area contributed by atoms with Gasteiger partial charge >= 0.3 is 5.97 Å². The lowest BCUT2D eigenvalue weighted by Gasteiger charge is -2.17. The van der Waals surface area contributed by atoms with E-state index in [0.717, 1.165) is 27.1 Å². The van der Waals surface area contributed by atoms with Crippen LogP contribution in [0.3, 0.4) is 0 Å². The Morgan fingerprint density at radius 3 is 2.41 bits per heavy atom. The van der Waals surface area contributed by atoms with Crippen molar-refractivity contribution in [1.82, 2.24) is 5.32 Å². The molecule has 1 aromatic heterocycles. The first-order valence-corrected chi connectivity index (χ1v) is 13.2. The number of thiophene rings is 1. The molecule has 0 saturated carbocycles. The van der Waals surface area contributed by atoms with Crippen LogP contribution in [-0.2, 0) is 22.7 Å². The van der Waals surface area contributed by atoms with Crippen LogP contribution in [0, 0.1) is 6.92 Å². The minimum absolute atomic E-state index is 0.376. The minimum atomic E-state index is -1.03. The van der Waals surface area contributed by atoms with E-state index in [4.69, 9.17) is 4.74 Å².